The van der Waals surface area contributed by atoms with Crippen LogP contribution in [0.5, 0.6) is 0 Å². The standard InChI is InChI=1S/C20H23ClN4/c1-14-5-6-17-18(11-14)25-20(7-9-22-10-8-20)19(24-17)23-13-15-3-2-4-16(21)12-15/h2-6,11-12,22,25H,7-10,13H2,1H3,(H,23,24). The summed E-state index contributed by atoms with van der Waals surface area (Å²) in [6, 6.07) is 14.4. The Morgan fingerprint density at radius 1 is 1.08 bits per heavy atom. The van der Waals surface area contributed by atoms with Gasteiger partial charge in [-0.1, -0.05) is 29.8 Å². The fraction of sp³-hybridized carbons (Fsp3) is 0.350. The van der Waals surface area contributed by atoms with Gasteiger partial charge in [0.05, 0.1) is 23.5 Å². The summed E-state index contributed by atoms with van der Waals surface area (Å²) in [7, 11) is 0. The molecule has 0 unspecified atom stereocenters. The minimum Gasteiger partial charge on any atom is -0.371 e. The van der Waals surface area contributed by atoms with Crippen molar-refractivity contribution in [3.05, 3.63) is 58.6 Å². The van der Waals surface area contributed by atoms with Gasteiger partial charge in [0.2, 0.25) is 0 Å². The second kappa shape index (κ2) is 6.70. The molecule has 0 atom stereocenters. The number of hydrogen-bond donors (Lipinski definition) is 3. The molecular weight excluding hydrogens is 332 g/mol. The van der Waals surface area contributed by atoms with Gasteiger partial charge in [0.15, 0.2) is 0 Å². The summed E-state index contributed by atoms with van der Waals surface area (Å²) in [5.74, 6) is 1.03. The van der Waals surface area contributed by atoms with E-state index in [9.17, 15) is 0 Å². The number of aliphatic imine (C=N–C) groups is 1. The molecule has 1 saturated heterocycles. The Morgan fingerprint density at radius 3 is 2.72 bits per heavy atom. The van der Waals surface area contributed by atoms with E-state index in [0.717, 1.165) is 48.0 Å². The van der Waals surface area contributed by atoms with E-state index in [0.29, 0.717) is 6.54 Å². The molecule has 1 spiro atoms. The van der Waals surface area contributed by atoms with Gasteiger partial charge in [-0.2, -0.15) is 0 Å². The van der Waals surface area contributed by atoms with Crippen LogP contribution in [0.3, 0.4) is 0 Å². The van der Waals surface area contributed by atoms with Gasteiger partial charge in [0.1, 0.15) is 5.84 Å². The van der Waals surface area contributed by atoms with Crippen LogP contribution in [0.15, 0.2) is 47.5 Å². The molecule has 130 valence electrons. The molecule has 4 nitrogen and oxygen atoms in total. The number of piperidine rings is 1. The largest absolute Gasteiger partial charge is 0.371 e. The molecule has 0 saturated carbocycles. The molecule has 0 aliphatic carbocycles. The average Bonchev–Trinajstić information content (AvgIpc) is 2.61. The van der Waals surface area contributed by atoms with Gasteiger partial charge in [-0.25, -0.2) is 0 Å². The van der Waals surface area contributed by atoms with E-state index in [2.05, 4.69) is 47.1 Å². The maximum Gasteiger partial charge on any atom is 0.127 e. The van der Waals surface area contributed by atoms with Gasteiger partial charge in [-0.05, 0) is 68.2 Å². The minimum absolute atomic E-state index is 0.120. The van der Waals surface area contributed by atoms with Crippen molar-refractivity contribution in [2.24, 2.45) is 4.99 Å². The van der Waals surface area contributed by atoms with Crippen LogP contribution in [0, 0.1) is 6.92 Å². The Balaban J connectivity index is 1.68. The Labute approximate surface area is 153 Å². The summed E-state index contributed by atoms with van der Waals surface area (Å²) in [4.78, 5) is 4.95. The van der Waals surface area contributed by atoms with E-state index in [1.165, 1.54) is 11.3 Å². The molecule has 0 radical (unpaired) electrons. The summed E-state index contributed by atoms with van der Waals surface area (Å²) in [5, 5.41) is 11.6. The van der Waals surface area contributed by atoms with E-state index in [4.69, 9.17) is 16.6 Å². The van der Waals surface area contributed by atoms with Crippen molar-refractivity contribution in [1.82, 2.24) is 5.32 Å². The molecule has 2 aliphatic heterocycles. The number of anilines is 2. The maximum absolute atomic E-state index is 6.11. The van der Waals surface area contributed by atoms with Crippen LogP contribution in [-0.4, -0.2) is 24.5 Å². The van der Waals surface area contributed by atoms with Gasteiger partial charge >= 0.3 is 0 Å². The van der Waals surface area contributed by atoms with E-state index < -0.39 is 0 Å². The molecule has 2 aromatic carbocycles. The summed E-state index contributed by atoms with van der Waals surface area (Å²) >= 11 is 6.11. The number of amidine groups is 1. The zero-order chi connectivity index (χ0) is 17.3. The van der Waals surface area contributed by atoms with Crippen molar-refractivity contribution in [3.8, 4) is 0 Å². The SMILES string of the molecule is Cc1ccc2c(c1)NC1(CCNCC1)C(=NCc1cccc(Cl)c1)N2. The smallest absolute Gasteiger partial charge is 0.127 e. The predicted octanol–water partition coefficient (Wildman–Crippen LogP) is 4.21. The van der Waals surface area contributed by atoms with Crippen molar-refractivity contribution in [2.75, 3.05) is 23.7 Å². The first-order valence-electron chi connectivity index (χ1n) is 8.81. The topological polar surface area (TPSA) is 48.5 Å². The van der Waals surface area contributed by atoms with Crippen molar-refractivity contribution in [1.29, 1.82) is 0 Å². The first-order chi connectivity index (χ1) is 12.1. The third-order valence-electron chi connectivity index (χ3n) is 5.02. The van der Waals surface area contributed by atoms with E-state index in [1.807, 2.05) is 18.2 Å². The third-order valence-corrected chi connectivity index (χ3v) is 5.26. The lowest BCUT2D eigenvalue weighted by atomic mass is 9.84. The zero-order valence-electron chi connectivity index (χ0n) is 14.4. The summed E-state index contributed by atoms with van der Waals surface area (Å²) in [6.07, 6.45) is 2.03. The number of rotatable bonds is 2. The monoisotopic (exact) mass is 354 g/mol. The molecule has 0 bridgehead atoms. The average molecular weight is 355 g/mol. The van der Waals surface area contributed by atoms with Crippen LogP contribution in [-0.2, 0) is 6.54 Å². The highest BCUT2D eigenvalue weighted by Crippen LogP contribution is 2.36. The number of benzene rings is 2. The second-order valence-corrected chi connectivity index (χ2v) is 7.36. The molecule has 0 amide bonds. The van der Waals surface area contributed by atoms with Gasteiger partial charge in [-0.3, -0.25) is 4.99 Å². The number of aryl methyl sites for hydroxylation is 1. The van der Waals surface area contributed by atoms with Crippen molar-refractivity contribution >= 4 is 28.8 Å². The van der Waals surface area contributed by atoms with Crippen LogP contribution in [0.25, 0.3) is 0 Å². The van der Waals surface area contributed by atoms with Crippen molar-refractivity contribution in [2.45, 2.75) is 31.8 Å². The maximum atomic E-state index is 6.11. The zero-order valence-corrected chi connectivity index (χ0v) is 15.2. The van der Waals surface area contributed by atoms with Crippen molar-refractivity contribution in [3.63, 3.8) is 0 Å². The lowest BCUT2D eigenvalue weighted by Gasteiger charge is -2.44. The number of fused-ring (bicyclic) bond motifs is 1. The molecular formula is C20H23ClN4. The number of nitrogens with zero attached hydrogens (tertiary/aromatic N) is 1. The van der Waals surface area contributed by atoms with Crippen LogP contribution in [0.1, 0.15) is 24.0 Å². The second-order valence-electron chi connectivity index (χ2n) is 6.93. The Morgan fingerprint density at radius 2 is 1.92 bits per heavy atom. The first kappa shape index (κ1) is 16.4. The van der Waals surface area contributed by atoms with Gasteiger partial charge in [0, 0.05) is 5.02 Å². The van der Waals surface area contributed by atoms with Gasteiger partial charge < -0.3 is 16.0 Å². The van der Waals surface area contributed by atoms with Crippen LogP contribution in [0.4, 0.5) is 11.4 Å². The highest BCUT2D eigenvalue weighted by molar-refractivity contribution is 6.30. The lowest BCUT2D eigenvalue weighted by molar-refractivity contribution is 0.419. The third kappa shape index (κ3) is 3.37. The summed E-state index contributed by atoms with van der Waals surface area (Å²) in [6.45, 7) is 4.73. The molecule has 2 aliphatic rings. The Bertz CT molecular complexity index is 809. The van der Waals surface area contributed by atoms with Gasteiger partial charge in [-0.15, -0.1) is 0 Å². The highest BCUT2D eigenvalue weighted by atomic mass is 35.5. The fourth-order valence-electron chi connectivity index (χ4n) is 3.65. The quantitative estimate of drug-likeness (QED) is 0.757. The molecule has 3 N–H and O–H groups in total. The lowest BCUT2D eigenvalue weighted by Crippen LogP contribution is -2.57. The van der Waals surface area contributed by atoms with Gasteiger partial charge in [0.25, 0.3) is 0 Å². The molecule has 2 aromatic rings. The normalized spacial score (nSPS) is 20.0. The molecule has 2 heterocycles. The van der Waals surface area contributed by atoms with Crippen LogP contribution >= 0.6 is 11.6 Å². The fourth-order valence-corrected chi connectivity index (χ4v) is 3.86. The molecule has 5 heteroatoms. The Kier molecular flexibility index (Phi) is 4.40. The number of hydrogen-bond acceptors (Lipinski definition) is 3. The molecule has 1 fully saturated rings. The van der Waals surface area contributed by atoms with E-state index >= 15 is 0 Å². The number of halogens is 1. The number of nitrogens with one attached hydrogen (secondary N) is 3. The minimum atomic E-state index is -0.120. The predicted molar refractivity (Wildman–Crippen MR) is 106 cm³/mol. The molecule has 4 rings (SSSR count). The molecule has 0 aromatic heterocycles. The van der Waals surface area contributed by atoms with E-state index in [-0.39, 0.29) is 5.54 Å². The first-order valence-corrected chi connectivity index (χ1v) is 9.18. The highest BCUT2D eigenvalue weighted by Gasteiger charge is 2.40. The van der Waals surface area contributed by atoms with Crippen LogP contribution in [0.2, 0.25) is 5.02 Å². The van der Waals surface area contributed by atoms with E-state index in [1.54, 1.807) is 0 Å². The van der Waals surface area contributed by atoms with Crippen LogP contribution < -0.4 is 16.0 Å². The Hall–Kier alpha value is -2.04. The summed E-state index contributed by atoms with van der Waals surface area (Å²) in [5.41, 5.74) is 4.53. The molecule has 25 heavy (non-hydrogen) atoms. The summed E-state index contributed by atoms with van der Waals surface area (Å²) < 4.78 is 0. The van der Waals surface area contributed by atoms with Crippen molar-refractivity contribution < 1.29 is 0 Å².